The first-order chi connectivity index (χ1) is 11.4. The molecule has 2 saturated heterocycles. The molecule has 132 valence electrons. The van der Waals surface area contributed by atoms with Gasteiger partial charge in [0, 0.05) is 30.8 Å². The number of piperidine rings is 2. The summed E-state index contributed by atoms with van der Waals surface area (Å²) >= 11 is 0. The summed E-state index contributed by atoms with van der Waals surface area (Å²) in [6.07, 6.45) is 4.95. The predicted molar refractivity (Wildman–Crippen MR) is 93.0 cm³/mol. The summed E-state index contributed by atoms with van der Waals surface area (Å²) < 4.78 is 0. The lowest BCUT2D eigenvalue weighted by atomic mass is 9.86. The number of nitrogens with one attached hydrogen (secondary N) is 1. The average molecular weight is 332 g/mol. The van der Waals surface area contributed by atoms with Gasteiger partial charge in [-0.3, -0.25) is 14.5 Å². The minimum Gasteiger partial charge on any atom is -0.341 e. The Morgan fingerprint density at radius 3 is 2.62 bits per heavy atom. The number of H-pyrrole nitrogens is 1. The Kier molecular flexibility index (Phi) is 4.76. The van der Waals surface area contributed by atoms with Gasteiger partial charge in [-0.2, -0.15) is 0 Å². The van der Waals surface area contributed by atoms with Crippen molar-refractivity contribution in [2.45, 2.75) is 57.4 Å². The highest BCUT2D eigenvalue weighted by Crippen LogP contribution is 2.31. The fourth-order valence-corrected chi connectivity index (χ4v) is 4.02. The van der Waals surface area contributed by atoms with Crippen molar-refractivity contribution in [1.29, 1.82) is 0 Å². The molecule has 0 aliphatic carbocycles. The molecule has 1 aromatic rings. The number of likely N-dealkylation sites (tertiary alicyclic amines) is 2. The van der Waals surface area contributed by atoms with Crippen LogP contribution < -0.4 is 5.56 Å². The van der Waals surface area contributed by atoms with Crippen LogP contribution in [0, 0.1) is 6.92 Å². The van der Waals surface area contributed by atoms with E-state index in [-0.39, 0.29) is 22.9 Å². The van der Waals surface area contributed by atoms with Gasteiger partial charge in [0.2, 0.25) is 5.91 Å². The van der Waals surface area contributed by atoms with Crippen LogP contribution in [-0.4, -0.2) is 57.9 Å². The lowest BCUT2D eigenvalue weighted by Gasteiger charge is -2.45. The molecule has 6 nitrogen and oxygen atoms in total. The van der Waals surface area contributed by atoms with E-state index in [0.29, 0.717) is 0 Å². The summed E-state index contributed by atoms with van der Waals surface area (Å²) in [5.41, 5.74) is 0.303. The Bertz CT molecular complexity index is 663. The second-order valence-electron chi connectivity index (χ2n) is 7.49. The van der Waals surface area contributed by atoms with Crippen LogP contribution in [0.25, 0.3) is 0 Å². The summed E-state index contributed by atoms with van der Waals surface area (Å²) in [4.78, 5) is 36.2. The van der Waals surface area contributed by atoms with Gasteiger partial charge in [0.1, 0.15) is 5.82 Å². The van der Waals surface area contributed by atoms with E-state index in [0.717, 1.165) is 56.8 Å². The number of carbonyl (C=O) groups is 1. The van der Waals surface area contributed by atoms with E-state index >= 15 is 0 Å². The first kappa shape index (κ1) is 17.1. The van der Waals surface area contributed by atoms with Crippen molar-refractivity contribution in [1.82, 2.24) is 19.8 Å². The lowest BCUT2D eigenvalue weighted by molar-refractivity contribution is -0.146. The van der Waals surface area contributed by atoms with E-state index in [1.807, 2.05) is 11.8 Å². The van der Waals surface area contributed by atoms with Crippen LogP contribution in [0.5, 0.6) is 0 Å². The van der Waals surface area contributed by atoms with Crippen molar-refractivity contribution >= 4 is 5.91 Å². The number of hydrogen-bond donors (Lipinski definition) is 1. The molecule has 1 unspecified atom stereocenters. The Hall–Kier alpha value is -1.69. The third-order valence-corrected chi connectivity index (χ3v) is 5.77. The number of aromatic amines is 1. The van der Waals surface area contributed by atoms with Crippen molar-refractivity contribution in [3.63, 3.8) is 0 Å². The number of aryl methyl sites for hydroxylation is 1. The van der Waals surface area contributed by atoms with Gasteiger partial charge in [-0.15, -0.1) is 0 Å². The largest absolute Gasteiger partial charge is 0.341 e. The Morgan fingerprint density at radius 2 is 2.00 bits per heavy atom. The fraction of sp³-hybridized carbons (Fsp3) is 0.722. The zero-order valence-electron chi connectivity index (χ0n) is 15.0. The van der Waals surface area contributed by atoms with Gasteiger partial charge in [-0.05, 0) is 59.5 Å². The highest BCUT2D eigenvalue weighted by molar-refractivity contribution is 5.86. The number of amides is 1. The molecule has 0 radical (unpaired) electrons. The Balaban J connectivity index is 1.66. The average Bonchev–Trinajstić information content (AvgIpc) is 2.56. The molecule has 0 spiro atoms. The molecule has 1 N–H and O–H groups in total. The molecule has 0 bridgehead atoms. The van der Waals surface area contributed by atoms with Crippen LogP contribution in [0.4, 0.5) is 0 Å². The Labute approximate surface area is 143 Å². The maximum atomic E-state index is 13.0. The minimum absolute atomic E-state index is 0.0904. The van der Waals surface area contributed by atoms with Gasteiger partial charge in [0.25, 0.3) is 5.56 Å². The van der Waals surface area contributed by atoms with Crippen molar-refractivity contribution in [2.75, 3.05) is 26.7 Å². The summed E-state index contributed by atoms with van der Waals surface area (Å²) in [5, 5.41) is 0. The van der Waals surface area contributed by atoms with E-state index in [4.69, 9.17) is 0 Å². The maximum absolute atomic E-state index is 13.0. The fourth-order valence-electron chi connectivity index (χ4n) is 4.02. The molecule has 1 aromatic heterocycles. The van der Waals surface area contributed by atoms with Crippen LogP contribution in [0.3, 0.4) is 0 Å². The van der Waals surface area contributed by atoms with Crippen LogP contribution >= 0.6 is 0 Å². The molecule has 2 fully saturated rings. The van der Waals surface area contributed by atoms with E-state index < -0.39 is 0 Å². The maximum Gasteiger partial charge on any atom is 0.251 e. The number of hydrogen-bond acceptors (Lipinski definition) is 4. The summed E-state index contributed by atoms with van der Waals surface area (Å²) in [6, 6.07) is 1.52. The number of nitrogens with zero attached hydrogens (tertiary/aromatic N) is 3. The van der Waals surface area contributed by atoms with Crippen molar-refractivity contribution in [3.05, 3.63) is 27.9 Å². The molecule has 6 heteroatoms. The molecule has 2 aliphatic rings. The van der Waals surface area contributed by atoms with Crippen LogP contribution in [0.1, 0.15) is 56.5 Å². The van der Waals surface area contributed by atoms with Crippen molar-refractivity contribution in [3.8, 4) is 0 Å². The molecule has 3 heterocycles. The summed E-state index contributed by atoms with van der Waals surface area (Å²) in [7, 11) is 2.06. The first-order valence-corrected chi connectivity index (χ1v) is 8.98. The van der Waals surface area contributed by atoms with Gasteiger partial charge < -0.3 is 9.88 Å². The summed E-state index contributed by atoms with van der Waals surface area (Å²) in [5.74, 6) is 1.26. The molecule has 2 aliphatic heterocycles. The van der Waals surface area contributed by atoms with Gasteiger partial charge in [0.15, 0.2) is 0 Å². The molecule has 0 saturated carbocycles. The van der Waals surface area contributed by atoms with Gasteiger partial charge >= 0.3 is 0 Å². The molecular formula is C18H28N4O2. The molecule has 1 atom stereocenters. The van der Waals surface area contributed by atoms with Gasteiger partial charge in [-0.25, -0.2) is 4.98 Å². The number of aromatic nitrogens is 2. The molecule has 0 aromatic carbocycles. The molecule has 1 amide bonds. The van der Waals surface area contributed by atoms with E-state index in [1.54, 1.807) is 0 Å². The molecular weight excluding hydrogens is 304 g/mol. The highest BCUT2D eigenvalue weighted by atomic mass is 16.2. The standard InChI is InChI=1S/C18H28N4O2/c1-13-12-15(23)20-16(19-13)14-6-10-22(11-7-14)17(24)18(2)8-4-5-9-21(18)3/h12,14H,4-11H2,1-3H3,(H,19,20,23). The molecule has 24 heavy (non-hydrogen) atoms. The van der Waals surface area contributed by atoms with Gasteiger partial charge in [-0.1, -0.05) is 0 Å². The van der Waals surface area contributed by atoms with Crippen molar-refractivity contribution < 1.29 is 4.79 Å². The first-order valence-electron chi connectivity index (χ1n) is 8.98. The zero-order chi connectivity index (χ0) is 17.3. The third-order valence-electron chi connectivity index (χ3n) is 5.77. The van der Waals surface area contributed by atoms with Crippen LogP contribution in [-0.2, 0) is 4.79 Å². The SMILES string of the molecule is Cc1cc(=O)[nH]c(C2CCN(C(=O)C3(C)CCCCN3C)CC2)n1. The highest BCUT2D eigenvalue weighted by Gasteiger charge is 2.42. The number of carbonyl (C=O) groups excluding carboxylic acids is 1. The topological polar surface area (TPSA) is 69.3 Å². The van der Waals surface area contributed by atoms with E-state index in [2.05, 4.69) is 28.8 Å². The lowest BCUT2D eigenvalue weighted by Crippen LogP contribution is -2.59. The van der Waals surface area contributed by atoms with Crippen LogP contribution in [0.15, 0.2) is 10.9 Å². The summed E-state index contributed by atoms with van der Waals surface area (Å²) in [6.45, 7) is 6.40. The van der Waals surface area contributed by atoms with E-state index in [9.17, 15) is 9.59 Å². The number of likely N-dealkylation sites (N-methyl/N-ethyl adjacent to an activating group) is 1. The second kappa shape index (κ2) is 6.67. The van der Waals surface area contributed by atoms with E-state index in [1.165, 1.54) is 12.5 Å². The third kappa shape index (κ3) is 3.24. The normalized spacial score (nSPS) is 26.5. The molecule has 3 rings (SSSR count). The quantitative estimate of drug-likeness (QED) is 0.894. The smallest absolute Gasteiger partial charge is 0.251 e. The minimum atomic E-state index is -0.360. The number of rotatable bonds is 2. The van der Waals surface area contributed by atoms with Crippen LogP contribution in [0.2, 0.25) is 0 Å². The van der Waals surface area contributed by atoms with Crippen molar-refractivity contribution in [2.24, 2.45) is 0 Å². The zero-order valence-corrected chi connectivity index (χ0v) is 15.0. The Morgan fingerprint density at radius 1 is 1.29 bits per heavy atom. The predicted octanol–water partition coefficient (Wildman–Crippen LogP) is 1.66. The second-order valence-corrected chi connectivity index (χ2v) is 7.49. The van der Waals surface area contributed by atoms with Gasteiger partial charge in [0.05, 0.1) is 5.54 Å². The monoisotopic (exact) mass is 332 g/mol.